The minimum absolute atomic E-state index is 0.273. The number of amides is 1. The maximum atomic E-state index is 12.9. The van der Waals surface area contributed by atoms with Crippen molar-refractivity contribution in [2.75, 3.05) is 18.5 Å². The summed E-state index contributed by atoms with van der Waals surface area (Å²) in [5.41, 5.74) is 1.34. The third kappa shape index (κ3) is 3.36. The summed E-state index contributed by atoms with van der Waals surface area (Å²) in [6.07, 6.45) is 0.624. The molecule has 140 valence electrons. The SMILES string of the molecule is CCOC(=O)c1c(NC(=O)c2sc3ccccc3c2Cl)sc2c1CCOC2. The second kappa shape index (κ2) is 7.59. The number of esters is 1. The van der Waals surface area contributed by atoms with Gasteiger partial charge in [-0.25, -0.2) is 4.79 Å². The zero-order valence-corrected chi connectivity index (χ0v) is 16.9. The molecule has 0 unspecified atom stereocenters. The van der Waals surface area contributed by atoms with E-state index in [1.165, 1.54) is 22.7 Å². The Labute approximate surface area is 168 Å². The first-order valence-corrected chi connectivity index (χ1v) is 10.5. The molecule has 1 aromatic carbocycles. The van der Waals surface area contributed by atoms with Crippen LogP contribution in [0.5, 0.6) is 0 Å². The quantitative estimate of drug-likeness (QED) is 0.594. The van der Waals surface area contributed by atoms with Crippen molar-refractivity contribution in [1.82, 2.24) is 0 Å². The predicted molar refractivity (Wildman–Crippen MR) is 108 cm³/mol. The molecule has 3 aromatic rings. The Hall–Kier alpha value is -1.93. The van der Waals surface area contributed by atoms with E-state index in [0.29, 0.717) is 40.1 Å². The highest BCUT2D eigenvalue weighted by molar-refractivity contribution is 7.22. The Bertz CT molecular complexity index is 1040. The van der Waals surface area contributed by atoms with Crippen LogP contribution in [0.4, 0.5) is 5.00 Å². The fourth-order valence-electron chi connectivity index (χ4n) is 3.06. The van der Waals surface area contributed by atoms with E-state index in [2.05, 4.69) is 5.32 Å². The van der Waals surface area contributed by atoms with Crippen LogP contribution < -0.4 is 5.32 Å². The third-order valence-electron chi connectivity index (χ3n) is 4.27. The van der Waals surface area contributed by atoms with Crippen LogP contribution in [-0.4, -0.2) is 25.1 Å². The van der Waals surface area contributed by atoms with Gasteiger partial charge in [0.05, 0.1) is 30.4 Å². The monoisotopic (exact) mass is 421 g/mol. The molecule has 3 heterocycles. The van der Waals surface area contributed by atoms with Crippen LogP contribution in [0.1, 0.15) is 37.4 Å². The standard InChI is InChI=1S/C19H16ClNO4S2/c1-2-25-19(23)14-10-7-8-24-9-13(10)27-18(14)21-17(22)16-15(20)11-5-3-4-6-12(11)26-16/h3-6H,2,7-9H2,1H3,(H,21,22). The molecular formula is C19H16ClNO4S2. The zero-order valence-electron chi connectivity index (χ0n) is 14.5. The van der Waals surface area contributed by atoms with Gasteiger partial charge in [0, 0.05) is 15.0 Å². The first-order valence-electron chi connectivity index (χ1n) is 8.48. The smallest absolute Gasteiger partial charge is 0.341 e. The molecule has 8 heteroatoms. The minimum atomic E-state index is -0.422. The molecule has 2 aromatic heterocycles. The van der Waals surface area contributed by atoms with Gasteiger partial charge in [0.1, 0.15) is 9.88 Å². The van der Waals surface area contributed by atoms with Gasteiger partial charge in [-0.1, -0.05) is 29.8 Å². The number of nitrogens with one attached hydrogen (secondary N) is 1. The molecule has 1 N–H and O–H groups in total. The molecule has 0 bridgehead atoms. The van der Waals surface area contributed by atoms with Crippen LogP contribution in [0.3, 0.4) is 0 Å². The molecule has 4 rings (SSSR count). The van der Waals surface area contributed by atoms with E-state index < -0.39 is 5.97 Å². The summed E-state index contributed by atoms with van der Waals surface area (Å²) in [5.74, 6) is -0.749. The molecule has 0 saturated carbocycles. The highest BCUT2D eigenvalue weighted by Crippen LogP contribution is 2.39. The molecule has 0 aliphatic carbocycles. The first kappa shape index (κ1) is 18.4. The molecule has 1 amide bonds. The van der Waals surface area contributed by atoms with E-state index in [0.717, 1.165) is 20.5 Å². The molecule has 0 saturated heterocycles. The average molecular weight is 422 g/mol. The number of carbonyl (C=O) groups excluding carboxylic acids is 2. The van der Waals surface area contributed by atoms with E-state index in [4.69, 9.17) is 21.1 Å². The van der Waals surface area contributed by atoms with Crippen molar-refractivity contribution in [3.63, 3.8) is 0 Å². The fourth-order valence-corrected chi connectivity index (χ4v) is 5.64. The lowest BCUT2D eigenvalue weighted by molar-refractivity contribution is 0.0524. The summed E-state index contributed by atoms with van der Waals surface area (Å²) in [7, 11) is 0. The summed E-state index contributed by atoms with van der Waals surface area (Å²) >= 11 is 9.10. The van der Waals surface area contributed by atoms with Gasteiger partial charge < -0.3 is 14.8 Å². The highest BCUT2D eigenvalue weighted by atomic mass is 35.5. The molecule has 0 radical (unpaired) electrons. The number of halogens is 1. The largest absolute Gasteiger partial charge is 0.462 e. The first-order chi connectivity index (χ1) is 13.1. The van der Waals surface area contributed by atoms with Crippen LogP contribution in [0, 0.1) is 0 Å². The van der Waals surface area contributed by atoms with Gasteiger partial charge in [-0.2, -0.15) is 0 Å². The molecule has 1 aliphatic heterocycles. The van der Waals surface area contributed by atoms with E-state index in [1.807, 2.05) is 24.3 Å². The molecule has 0 atom stereocenters. The number of rotatable bonds is 4. The van der Waals surface area contributed by atoms with Crippen molar-refractivity contribution >= 4 is 61.2 Å². The van der Waals surface area contributed by atoms with E-state index >= 15 is 0 Å². The number of hydrogen-bond donors (Lipinski definition) is 1. The summed E-state index contributed by atoms with van der Waals surface area (Å²) in [5, 5.41) is 4.64. The van der Waals surface area contributed by atoms with E-state index in [1.54, 1.807) is 6.92 Å². The second-order valence-electron chi connectivity index (χ2n) is 5.93. The highest BCUT2D eigenvalue weighted by Gasteiger charge is 2.28. The van der Waals surface area contributed by atoms with Crippen LogP contribution in [0.25, 0.3) is 10.1 Å². The van der Waals surface area contributed by atoms with Crippen molar-refractivity contribution in [1.29, 1.82) is 0 Å². The van der Waals surface area contributed by atoms with Crippen molar-refractivity contribution in [2.24, 2.45) is 0 Å². The Balaban J connectivity index is 1.71. The lowest BCUT2D eigenvalue weighted by atomic mass is 10.1. The maximum Gasteiger partial charge on any atom is 0.341 e. The summed E-state index contributed by atoms with van der Waals surface area (Å²) < 4.78 is 11.6. The van der Waals surface area contributed by atoms with Crippen molar-refractivity contribution in [3.05, 3.63) is 50.2 Å². The normalized spacial score (nSPS) is 13.4. The van der Waals surface area contributed by atoms with Gasteiger partial charge in [0.2, 0.25) is 0 Å². The number of ether oxygens (including phenoxy) is 2. The number of thiophene rings is 2. The Morgan fingerprint density at radius 1 is 1.30 bits per heavy atom. The van der Waals surface area contributed by atoms with Gasteiger partial charge in [0.25, 0.3) is 5.91 Å². The molecule has 0 fully saturated rings. The lowest BCUT2D eigenvalue weighted by Crippen LogP contribution is -2.16. The molecule has 5 nitrogen and oxygen atoms in total. The predicted octanol–water partition coefficient (Wildman–Crippen LogP) is 5.12. The average Bonchev–Trinajstić information content (AvgIpc) is 3.20. The minimum Gasteiger partial charge on any atom is -0.462 e. The molecule has 0 spiro atoms. The maximum absolute atomic E-state index is 12.9. The van der Waals surface area contributed by atoms with Crippen LogP contribution in [0.15, 0.2) is 24.3 Å². The van der Waals surface area contributed by atoms with E-state index in [-0.39, 0.29) is 12.5 Å². The second-order valence-corrected chi connectivity index (χ2v) is 8.46. The van der Waals surface area contributed by atoms with Crippen molar-refractivity contribution in [2.45, 2.75) is 20.0 Å². The number of fused-ring (bicyclic) bond motifs is 2. The number of anilines is 1. The third-order valence-corrected chi connectivity index (χ3v) is 7.06. The van der Waals surface area contributed by atoms with Crippen LogP contribution in [0.2, 0.25) is 5.02 Å². The number of carbonyl (C=O) groups is 2. The topological polar surface area (TPSA) is 64.6 Å². The van der Waals surface area contributed by atoms with Gasteiger partial charge in [-0.15, -0.1) is 22.7 Å². The number of benzene rings is 1. The Kier molecular flexibility index (Phi) is 5.19. The van der Waals surface area contributed by atoms with Crippen molar-refractivity contribution in [3.8, 4) is 0 Å². The van der Waals surface area contributed by atoms with Gasteiger partial charge in [-0.05, 0) is 25.0 Å². The summed E-state index contributed by atoms with van der Waals surface area (Å²) in [4.78, 5) is 26.8. The molecular weight excluding hydrogens is 406 g/mol. The van der Waals surface area contributed by atoms with Gasteiger partial charge in [-0.3, -0.25) is 4.79 Å². The molecule has 27 heavy (non-hydrogen) atoms. The van der Waals surface area contributed by atoms with Gasteiger partial charge >= 0.3 is 5.97 Å². The lowest BCUT2D eigenvalue weighted by Gasteiger charge is -2.13. The summed E-state index contributed by atoms with van der Waals surface area (Å²) in [6.45, 7) is 3.02. The van der Waals surface area contributed by atoms with Crippen LogP contribution >= 0.6 is 34.3 Å². The fraction of sp³-hybridized carbons (Fsp3) is 0.263. The van der Waals surface area contributed by atoms with Crippen LogP contribution in [-0.2, 0) is 22.5 Å². The number of hydrogen-bond acceptors (Lipinski definition) is 6. The van der Waals surface area contributed by atoms with Gasteiger partial charge in [0.15, 0.2) is 0 Å². The van der Waals surface area contributed by atoms with Crippen molar-refractivity contribution < 1.29 is 19.1 Å². The Morgan fingerprint density at radius 3 is 2.89 bits per heavy atom. The van der Waals surface area contributed by atoms with E-state index in [9.17, 15) is 9.59 Å². The Morgan fingerprint density at radius 2 is 2.11 bits per heavy atom. The summed E-state index contributed by atoms with van der Waals surface area (Å²) in [6, 6.07) is 7.60. The molecule has 1 aliphatic rings. The zero-order chi connectivity index (χ0) is 19.0.